The van der Waals surface area contributed by atoms with E-state index in [9.17, 15) is 0 Å². The molecule has 0 amide bonds. The van der Waals surface area contributed by atoms with Crippen LogP contribution >= 0.6 is 22.9 Å². The van der Waals surface area contributed by atoms with Crippen molar-refractivity contribution in [2.75, 3.05) is 43.1 Å². The van der Waals surface area contributed by atoms with Crippen molar-refractivity contribution in [1.29, 1.82) is 0 Å². The second-order valence-corrected chi connectivity index (χ2v) is 9.99. The van der Waals surface area contributed by atoms with Gasteiger partial charge in [-0.3, -0.25) is 0 Å². The van der Waals surface area contributed by atoms with Gasteiger partial charge >= 0.3 is 0 Å². The number of nitrogens with zero attached hydrogens (tertiary/aromatic N) is 4. The Hall–Kier alpha value is -2.83. The molecule has 0 spiro atoms. The maximum atomic E-state index is 6.38. The average molecular weight is 479 g/mol. The van der Waals surface area contributed by atoms with Crippen molar-refractivity contribution >= 4 is 44.7 Å². The molecule has 0 saturated carbocycles. The minimum absolute atomic E-state index is 0.303. The number of ether oxygens (including phenoxy) is 1. The van der Waals surface area contributed by atoms with E-state index in [1.165, 1.54) is 27.3 Å². The summed E-state index contributed by atoms with van der Waals surface area (Å²) in [6.45, 7) is 10.2. The molecule has 1 fully saturated rings. The van der Waals surface area contributed by atoms with Crippen LogP contribution in [0.15, 0.2) is 42.5 Å². The zero-order valence-electron chi connectivity index (χ0n) is 19.4. The van der Waals surface area contributed by atoms with Gasteiger partial charge in [-0.25, -0.2) is 4.98 Å². The fourth-order valence-electron chi connectivity index (χ4n) is 4.64. The number of benzene rings is 2. The lowest BCUT2D eigenvalue weighted by atomic mass is 10.0. The van der Waals surface area contributed by atoms with Gasteiger partial charge in [-0.15, -0.1) is 11.3 Å². The van der Waals surface area contributed by atoms with Crippen molar-refractivity contribution in [2.24, 2.45) is 0 Å². The molecule has 2 aromatic heterocycles. The Bertz CT molecular complexity index is 1310. The summed E-state index contributed by atoms with van der Waals surface area (Å²) >= 11 is 8.06. The van der Waals surface area contributed by atoms with E-state index in [1.54, 1.807) is 18.4 Å². The van der Waals surface area contributed by atoms with Crippen LogP contribution in [-0.2, 0) is 0 Å². The van der Waals surface area contributed by atoms with Crippen LogP contribution in [0.25, 0.3) is 21.3 Å². The summed E-state index contributed by atoms with van der Waals surface area (Å²) in [5.74, 6) is 1.78. The van der Waals surface area contributed by atoms with Gasteiger partial charge in [0.05, 0.1) is 12.5 Å². The molecule has 7 heteroatoms. The molecule has 0 aliphatic carbocycles. The average Bonchev–Trinajstić information content (AvgIpc) is 3.16. The topological polar surface area (TPSA) is 41.5 Å². The SMILES string of the molecule is COc1ccc(-c2c(C)sc3nc(Cl)nc(N4CCN(c5cccc(C)c5C)CC4)c23)cc1. The molecular formula is C26H27ClN4OS. The number of halogens is 1. The number of anilines is 2. The fourth-order valence-corrected chi connectivity index (χ4v) is 5.89. The molecule has 3 heterocycles. The van der Waals surface area contributed by atoms with Gasteiger partial charge in [0.15, 0.2) is 0 Å². The predicted octanol–water partition coefficient (Wildman–Crippen LogP) is 6.27. The number of fused-ring (bicyclic) bond motifs is 1. The minimum atomic E-state index is 0.303. The number of piperazine rings is 1. The van der Waals surface area contributed by atoms with Gasteiger partial charge in [-0.05, 0) is 67.3 Å². The summed E-state index contributed by atoms with van der Waals surface area (Å²) in [6.07, 6.45) is 0. The maximum absolute atomic E-state index is 6.38. The largest absolute Gasteiger partial charge is 0.497 e. The van der Waals surface area contributed by atoms with Gasteiger partial charge < -0.3 is 14.5 Å². The molecule has 33 heavy (non-hydrogen) atoms. The summed E-state index contributed by atoms with van der Waals surface area (Å²) in [6, 6.07) is 14.7. The Morgan fingerprint density at radius 3 is 2.30 bits per heavy atom. The summed E-state index contributed by atoms with van der Waals surface area (Å²) in [5, 5.41) is 1.39. The number of hydrogen-bond donors (Lipinski definition) is 0. The lowest BCUT2D eigenvalue weighted by Crippen LogP contribution is -2.47. The van der Waals surface area contributed by atoms with Crippen molar-refractivity contribution in [3.05, 3.63) is 63.8 Å². The van der Waals surface area contributed by atoms with Gasteiger partial charge in [0.1, 0.15) is 16.4 Å². The highest BCUT2D eigenvalue weighted by Gasteiger charge is 2.25. The molecule has 0 N–H and O–H groups in total. The van der Waals surface area contributed by atoms with Crippen molar-refractivity contribution < 1.29 is 4.74 Å². The van der Waals surface area contributed by atoms with E-state index in [-0.39, 0.29) is 0 Å². The van der Waals surface area contributed by atoms with E-state index < -0.39 is 0 Å². The third-order valence-corrected chi connectivity index (χ3v) is 7.72. The summed E-state index contributed by atoms with van der Waals surface area (Å²) < 4.78 is 5.35. The van der Waals surface area contributed by atoms with E-state index >= 15 is 0 Å². The Labute approximate surface area is 203 Å². The maximum Gasteiger partial charge on any atom is 0.225 e. The molecule has 1 aliphatic rings. The van der Waals surface area contributed by atoms with Crippen LogP contribution in [0.1, 0.15) is 16.0 Å². The molecule has 4 aromatic rings. The monoisotopic (exact) mass is 478 g/mol. The van der Waals surface area contributed by atoms with E-state index in [2.05, 4.69) is 65.9 Å². The van der Waals surface area contributed by atoms with Crippen LogP contribution in [0.2, 0.25) is 5.28 Å². The van der Waals surface area contributed by atoms with Crippen molar-refractivity contribution in [3.63, 3.8) is 0 Å². The first-order chi connectivity index (χ1) is 16.0. The highest BCUT2D eigenvalue weighted by Crippen LogP contribution is 2.43. The predicted molar refractivity (Wildman–Crippen MR) is 139 cm³/mol. The molecule has 5 rings (SSSR count). The van der Waals surface area contributed by atoms with E-state index in [1.807, 2.05) is 12.1 Å². The van der Waals surface area contributed by atoms with E-state index in [0.717, 1.165) is 53.5 Å². The van der Waals surface area contributed by atoms with Crippen LogP contribution in [0.3, 0.4) is 0 Å². The van der Waals surface area contributed by atoms with Crippen LogP contribution in [-0.4, -0.2) is 43.3 Å². The highest BCUT2D eigenvalue weighted by molar-refractivity contribution is 7.19. The van der Waals surface area contributed by atoms with Gasteiger partial charge in [0, 0.05) is 42.3 Å². The molecule has 5 nitrogen and oxygen atoms in total. The molecule has 1 aliphatic heterocycles. The van der Waals surface area contributed by atoms with Crippen LogP contribution in [0.4, 0.5) is 11.5 Å². The normalized spacial score (nSPS) is 14.2. The van der Waals surface area contributed by atoms with Crippen LogP contribution < -0.4 is 14.5 Å². The third kappa shape index (κ3) is 4.02. The first-order valence-corrected chi connectivity index (χ1v) is 12.3. The Kier molecular flexibility index (Phi) is 5.89. The van der Waals surface area contributed by atoms with Crippen LogP contribution in [0, 0.1) is 20.8 Å². The first kappa shape index (κ1) is 22.0. The number of rotatable bonds is 4. The van der Waals surface area contributed by atoms with Crippen LogP contribution in [0.5, 0.6) is 5.75 Å². The van der Waals surface area contributed by atoms with E-state index in [0.29, 0.717) is 5.28 Å². The number of aromatic nitrogens is 2. The molecule has 170 valence electrons. The van der Waals surface area contributed by atoms with Gasteiger partial charge in [-0.1, -0.05) is 24.3 Å². The van der Waals surface area contributed by atoms with Crippen molar-refractivity contribution in [2.45, 2.75) is 20.8 Å². The van der Waals surface area contributed by atoms with Crippen molar-refractivity contribution in [1.82, 2.24) is 9.97 Å². The quantitative estimate of drug-likeness (QED) is 0.323. The molecular weight excluding hydrogens is 452 g/mol. The number of hydrogen-bond acceptors (Lipinski definition) is 6. The summed E-state index contributed by atoms with van der Waals surface area (Å²) in [5.41, 5.74) is 6.33. The minimum Gasteiger partial charge on any atom is -0.497 e. The van der Waals surface area contributed by atoms with Gasteiger partial charge in [0.2, 0.25) is 5.28 Å². The lowest BCUT2D eigenvalue weighted by molar-refractivity contribution is 0.415. The smallest absolute Gasteiger partial charge is 0.225 e. The van der Waals surface area contributed by atoms with Gasteiger partial charge in [-0.2, -0.15) is 4.98 Å². The zero-order valence-corrected chi connectivity index (χ0v) is 20.9. The summed E-state index contributed by atoms with van der Waals surface area (Å²) in [7, 11) is 1.69. The second-order valence-electron chi connectivity index (χ2n) is 8.45. The molecule has 1 saturated heterocycles. The van der Waals surface area contributed by atoms with E-state index in [4.69, 9.17) is 21.3 Å². The standard InChI is InChI=1S/C26H27ClN4OS/c1-16-6-5-7-21(17(16)2)30-12-14-31(15-13-30)24-23-22(19-8-10-20(32-4)11-9-19)18(3)33-25(23)29-26(27)28-24/h5-11H,12-15H2,1-4H3. The summed E-state index contributed by atoms with van der Waals surface area (Å²) in [4.78, 5) is 16.3. The Balaban J connectivity index is 1.51. The Morgan fingerprint density at radius 2 is 1.61 bits per heavy atom. The van der Waals surface area contributed by atoms with Crippen molar-refractivity contribution in [3.8, 4) is 16.9 Å². The first-order valence-electron chi connectivity index (χ1n) is 11.1. The number of methoxy groups -OCH3 is 1. The highest BCUT2D eigenvalue weighted by atomic mass is 35.5. The molecule has 0 radical (unpaired) electrons. The molecule has 0 unspecified atom stereocenters. The lowest BCUT2D eigenvalue weighted by Gasteiger charge is -2.38. The fraction of sp³-hybridized carbons (Fsp3) is 0.308. The zero-order chi connectivity index (χ0) is 23.1. The molecule has 0 atom stereocenters. The molecule has 2 aromatic carbocycles. The third-order valence-electron chi connectivity index (χ3n) is 6.56. The number of aryl methyl sites for hydroxylation is 2. The molecule has 0 bridgehead atoms. The second kappa shape index (κ2) is 8.84. The Morgan fingerprint density at radius 1 is 0.909 bits per heavy atom. The van der Waals surface area contributed by atoms with Gasteiger partial charge in [0.25, 0.3) is 0 Å². The number of thiophene rings is 1.